The van der Waals surface area contributed by atoms with E-state index in [9.17, 15) is 0 Å². The molecule has 0 aliphatic heterocycles. The molecule has 0 aromatic heterocycles. The zero-order chi connectivity index (χ0) is 11.4. The number of nitrogens with two attached hydrogens (primary N) is 1. The molecule has 3 nitrogen and oxygen atoms in total. The second-order valence-corrected chi connectivity index (χ2v) is 4.36. The molecular weight excluding hydrogens is 325 g/mol. The van der Waals surface area contributed by atoms with Gasteiger partial charge in [-0.25, -0.2) is 4.99 Å². The fourth-order valence-corrected chi connectivity index (χ4v) is 1.95. The lowest BCUT2D eigenvalue weighted by molar-refractivity contribution is 0.683. The van der Waals surface area contributed by atoms with E-state index in [0.717, 1.165) is 11.6 Å². The number of anilines is 1. The maximum atomic E-state index is 5.84. The van der Waals surface area contributed by atoms with Crippen molar-refractivity contribution in [2.45, 2.75) is 32.2 Å². The molecule has 0 spiro atoms. The van der Waals surface area contributed by atoms with E-state index < -0.39 is 0 Å². The van der Waals surface area contributed by atoms with Gasteiger partial charge in [-0.15, -0.1) is 24.0 Å². The zero-order valence-corrected chi connectivity index (χ0v) is 12.4. The van der Waals surface area contributed by atoms with Gasteiger partial charge in [-0.2, -0.15) is 0 Å². The molecule has 2 rings (SSSR count). The van der Waals surface area contributed by atoms with Crippen LogP contribution in [0.15, 0.2) is 35.3 Å². The van der Waals surface area contributed by atoms with E-state index in [0.29, 0.717) is 12.0 Å². The highest BCUT2D eigenvalue weighted by Gasteiger charge is 2.35. The fraction of sp³-hybridized carbons (Fsp3) is 0.462. The van der Waals surface area contributed by atoms with Crippen LogP contribution in [0.3, 0.4) is 0 Å². The monoisotopic (exact) mass is 345 g/mol. The molecule has 2 unspecified atom stereocenters. The Morgan fingerprint density at radius 1 is 1.41 bits per heavy atom. The van der Waals surface area contributed by atoms with Crippen LogP contribution in [0.5, 0.6) is 0 Å². The fourth-order valence-electron chi connectivity index (χ4n) is 1.95. The Morgan fingerprint density at radius 3 is 2.76 bits per heavy atom. The summed E-state index contributed by atoms with van der Waals surface area (Å²) in [7, 11) is 0. The first-order chi connectivity index (χ1) is 7.79. The number of rotatable bonds is 4. The lowest BCUT2D eigenvalue weighted by atomic mass is 10.2. The Labute approximate surface area is 120 Å². The van der Waals surface area contributed by atoms with Crippen molar-refractivity contribution >= 4 is 35.6 Å². The van der Waals surface area contributed by atoms with Crippen LogP contribution in [0.2, 0.25) is 0 Å². The van der Waals surface area contributed by atoms with Gasteiger partial charge in [0.05, 0.1) is 6.04 Å². The number of guanidine groups is 1. The molecular formula is C13H20IN3. The van der Waals surface area contributed by atoms with Gasteiger partial charge in [-0.05, 0) is 30.9 Å². The van der Waals surface area contributed by atoms with Crippen molar-refractivity contribution in [3.8, 4) is 0 Å². The highest BCUT2D eigenvalue weighted by Crippen LogP contribution is 2.37. The van der Waals surface area contributed by atoms with Gasteiger partial charge < -0.3 is 11.1 Å². The summed E-state index contributed by atoms with van der Waals surface area (Å²) in [6, 6.07) is 10.4. The van der Waals surface area contributed by atoms with Crippen molar-refractivity contribution in [1.29, 1.82) is 0 Å². The highest BCUT2D eigenvalue weighted by molar-refractivity contribution is 14.0. The van der Waals surface area contributed by atoms with Gasteiger partial charge in [0.2, 0.25) is 0 Å². The maximum absolute atomic E-state index is 5.84. The van der Waals surface area contributed by atoms with Gasteiger partial charge in [0, 0.05) is 5.69 Å². The predicted octanol–water partition coefficient (Wildman–Crippen LogP) is 3.22. The summed E-state index contributed by atoms with van der Waals surface area (Å²) in [5, 5.41) is 3.10. The first-order valence-electron chi connectivity index (χ1n) is 5.95. The van der Waals surface area contributed by atoms with E-state index in [4.69, 9.17) is 5.73 Å². The number of para-hydroxylation sites is 1. The second kappa shape index (κ2) is 6.83. The van der Waals surface area contributed by atoms with E-state index in [1.807, 2.05) is 30.3 Å². The van der Waals surface area contributed by atoms with Gasteiger partial charge >= 0.3 is 0 Å². The Bertz CT molecular complexity index is 364. The molecule has 94 valence electrons. The molecule has 17 heavy (non-hydrogen) atoms. The molecule has 4 heteroatoms. The third kappa shape index (κ3) is 4.53. The summed E-state index contributed by atoms with van der Waals surface area (Å²) in [4.78, 5) is 4.47. The van der Waals surface area contributed by atoms with E-state index in [1.165, 1.54) is 19.3 Å². The first-order valence-corrected chi connectivity index (χ1v) is 5.95. The zero-order valence-electron chi connectivity index (χ0n) is 10.1. The molecule has 3 N–H and O–H groups in total. The van der Waals surface area contributed by atoms with Gasteiger partial charge in [-0.1, -0.05) is 31.5 Å². The summed E-state index contributed by atoms with van der Waals surface area (Å²) in [6.07, 6.45) is 3.71. The van der Waals surface area contributed by atoms with Crippen molar-refractivity contribution < 1.29 is 0 Å². The largest absolute Gasteiger partial charge is 0.370 e. The minimum atomic E-state index is 0. The van der Waals surface area contributed by atoms with Crippen LogP contribution in [0, 0.1) is 5.92 Å². The van der Waals surface area contributed by atoms with Crippen LogP contribution >= 0.6 is 24.0 Å². The Morgan fingerprint density at radius 2 is 2.12 bits per heavy atom. The van der Waals surface area contributed by atoms with E-state index in [-0.39, 0.29) is 24.0 Å². The maximum Gasteiger partial charge on any atom is 0.193 e. The summed E-state index contributed by atoms with van der Waals surface area (Å²) in [6.45, 7) is 2.21. The third-order valence-electron chi connectivity index (χ3n) is 2.90. The molecule has 1 aliphatic rings. The van der Waals surface area contributed by atoms with Gasteiger partial charge in [0.1, 0.15) is 0 Å². The quantitative estimate of drug-likeness (QED) is 0.500. The number of nitrogens with one attached hydrogen (secondary N) is 1. The standard InChI is InChI=1S/C13H19N3.HI/c1-2-6-10-9-12(10)16-13(14)15-11-7-4-3-5-8-11;/h3-5,7-8,10,12H,2,6,9H2,1H3,(H3,14,15,16);1H. The molecule has 0 bridgehead atoms. The first kappa shape index (κ1) is 14.3. The molecule has 0 radical (unpaired) electrons. The predicted molar refractivity (Wildman–Crippen MR) is 83.9 cm³/mol. The third-order valence-corrected chi connectivity index (χ3v) is 2.90. The van der Waals surface area contributed by atoms with Gasteiger partial charge in [-0.3, -0.25) is 0 Å². The Kier molecular flexibility index (Phi) is 5.74. The number of hydrogen-bond donors (Lipinski definition) is 2. The van der Waals surface area contributed by atoms with Crippen LogP contribution in [-0.4, -0.2) is 12.0 Å². The summed E-state index contributed by atoms with van der Waals surface area (Å²) < 4.78 is 0. The summed E-state index contributed by atoms with van der Waals surface area (Å²) in [5.74, 6) is 1.30. The Balaban J connectivity index is 0.00000144. The molecule has 1 aliphatic carbocycles. The summed E-state index contributed by atoms with van der Waals surface area (Å²) in [5.41, 5.74) is 6.84. The minimum Gasteiger partial charge on any atom is -0.370 e. The van der Waals surface area contributed by atoms with Crippen LogP contribution < -0.4 is 11.1 Å². The molecule has 1 aromatic rings. The lowest BCUT2D eigenvalue weighted by Crippen LogP contribution is -2.23. The van der Waals surface area contributed by atoms with Crippen LogP contribution in [0.1, 0.15) is 26.2 Å². The van der Waals surface area contributed by atoms with Crippen molar-refractivity contribution in [2.24, 2.45) is 16.6 Å². The number of nitrogens with zero attached hydrogens (tertiary/aromatic N) is 1. The van der Waals surface area contributed by atoms with Crippen molar-refractivity contribution in [3.63, 3.8) is 0 Å². The minimum absolute atomic E-state index is 0. The smallest absolute Gasteiger partial charge is 0.193 e. The average Bonchev–Trinajstić information content (AvgIpc) is 2.98. The van der Waals surface area contributed by atoms with Gasteiger partial charge in [0.15, 0.2) is 5.96 Å². The van der Waals surface area contributed by atoms with E-state index in [2.05, 4.69) is 17.2 Å². The Hall–Kier alpha value is -0.780. The molecule has 0 amide bonds. The van der Waals surface area contributed by atoms with Crippen molar-refractivity contribution in [3.05, 3.63) is 30.3 Å². The van der Waals surface area contributed by atoms with E-state index >= 15 is 0 Å². The van der Waals surface area contributed by atoms with Crippen molar-refractivity contribution in [1.82, 2.24) is 0 Å². The number of hydrogen-bond acceptors (Lipinski definition) is 1. The molecule has 1 aromatic carbocycles. The number of halogens is 1. The molecule has 0 saturated heterocycles. The van der Waals surface area contributed by atoms with Gasteiger partial charge in [0.25, 0.3) is 0 Å². The van der Waals surface area contributed by atoms with Crippen LogP contribution in [0.4, 0.5) is 5.69 Å². The lowest BCUT2D eigenvalue weighted by Gasteiger charge is -2.04. The van der Waals surface area contributed by atoms with Crippen molar-refractivity contribution in [2.75, 3.05) is 5.32 Å². The number of benzene rings is 1. The molecule has 0 heterocycles. The molecule has 1 saturated carbocycles. The number of aliphatic imine (C=N–C) groups is 1. The second-order valence-electron chi connectivity index (χ2n) is 4.36. The normalized spacial score (nSPS) is 22.8. The molecule has 1 fully saturated rings. The van der Waals surface area contributed by atoms with E-state index in [1.54, 1.807) is 0 Å². The van der Waals surface area contributed by atoms with Crippen LogP contribution in [0.25, 0.3) is 0 Å². The van der Waals surface area contributed by atoms with Crippen LogP contribution in [-0.2, 0) is 0 Å². The summed E-state index contributed by atoms with van der Waals surface area (Å²) >= 11 is 0. The average molecular weight is 345 g/mol. The SMILES string of the molecule is CCCC1CC1N=C(N)Nc1ccccc1.I. The molecule has 2 atom stereocenters. The highest BCUT2D eigenvalue weighted by atomic mass is 127. The topological polar surface area (TPSA) is 50.4 Å².